The normalized spacial score (nSPS) is 13.5. The van der Waals surface area contributed by atoms with Crippen LogP contribution in [0.2, 0.25) is 0 Å². The van der Waals surface area contributed by atoms with E-state index in [0.29, 0.717) is 0 Å². The summed E-state index contributed by atoms with van der Waals surface area (Å²) >= 11 is 0. The number of nitrogens with one attached hydrogen (secondary N) is 1. The summed E-state index contributed by atoms with van der Waals surface area (Å²) < 4.78 is 5.70. The molecular weight excluding hydrogens is 250 g/mol. The molecule has 1 aromatic heterocycles. The molecule has 1 aromatic rings. The van der Waals surface area contributed by atoms with E-state index in [-0.39, 0.29) is 11.6 Å². The summed E-state index contributed by atoms with van der Waals surface area (Å²) in [4.78, 5) is 9.29. The molecule has 20 heavy (non-hydrogen) atoms. The van der Waals surface area contributed by atoms with Crippen LogP contribution in [0.3, 0.4) is 0 Å². The van der Waals surface area contributed by atoms with Gasteiger partial charge < -0.3 is 10.1 Å². The van der Waals surface area contributed by atoms with Gasteiger partial charge in [-0.3, -0.25) is 0 Å². The van der Waals surface area contributed by atoms with Crippen molar-refractivity contribution in [1.82, 2.24) is 15.3 Å². The van der Waals surface area contributed by atoms with Crippen molar-refractivity contribution in [2.24, 2.45) is 0 Å². The Kier molecular flexibility index (Phi) is 6.56. The summed E-state index contributed by atoms with van der Waals surface area (Å²) in [5.41, 5.74) is 1.84. The lowest BCUT2D eigenvalue weighted by Gasteiger charge is -2.29. The molecule has 114 valence electrons. The number of rotatable bonds is 8. The highest BCUT2D eigenvalue weighted by atomic mass is 16.5. The summed E-state index contributed by atoms with van der Waals surface area (Å²) in [5.74, 6) is 0.800. The van der Waals surface area contributed by atoms with Crippen LogP contribution in [-0.2, 0) is 10.3 Å². The predicted octanol–water partition coefficient (Wildman–Crippen LogP) is 3.51. The van der Waals surface area contributed by atoms with Gasteiger partial charge in [0.2, 0.25) is 0 Å². The molecule has 0 radical (unpaired) electrons. The molecule has 0 aliphatic carbocycles. The highest BCUT2D eigenvalue weighted by Crippen LogP contribution is 2.30. The fraction of sp³-hybridized carbons (Fsp3) is 0.750. The van der Waals surface area contributed by atoms with Crippen LogP contribution in [0.1, 0.15) is 70.1 Å². The number of hydrogen-bond donors (Lipinski definition) is 1. The molecular formula is C16H29N3O. The van der Waals surface area contributed by atoms with Crippen LogP contribution in [0.15, 0.2) is 6.20 Å². The van der Waals surface area contributed by atoms with Crippen molar-refractivity contribution in [2.75, 3.05) is 13.7 Å². The number of aromatic nitrogens is 2. The third kappa shape index (κ3) is 3.55. The first kappa shape index (κ1) is 17.1. The van der Waals surface area contributed by atoms with Gasteiger partial charge in [0, 0.05) is 30.6 Å². The van der Waals surface area contributed by atoms with Crippen molar-refractivity contribution in [3.8, 4) is 0 Å². The second-order valence-electron chi connectivity index (χ2n) is 5.32. The topological polar surface area (TPSA) is 47.0 Å². The molecule has 0 aromatic carbocycles. The van der Waals surface area contributed by atoms with Crippen molar-refractivity contribution in [3.05, 3.63) is 23.3 Å². The Morgan fingerprint density at radius 3 is 2.40 bits per heavy atom. The van der Waals surface area contributed by atoms with Crippen molar-refractivity contribution in [2.45, 2.75) is 65.5 Å². The fourth-order valence-corrected chi connectivity index (χ4v) is 2.54. The fourth-order valence-electron chi connectivity index (χ4n) is 2.54. The minimum Gasteiger partial charge on any atom is -0.370 e. The molecule has 1 atom stereocenters. The van der Waals surface area contributed by atoms with E-state index in [1.165, 1.54) is 5.56 Å². The molecule has 0 saturated carbocycles. The van der Waals surface area contributed by atoms with E-state index in [9.17, 15) is 0 Å². The largest absolute Gasteiger partial charge is 0.370 e. The molecule has 1 heterocycles. The predicted molar refractivity (Wildman–Crippen MR) is 82.7 cm³/mol. The van der Waals surface area contributed by atoms with Crippen LogP contribution in [-0.4, -0.2) is 23.6 Å². The second-order valence-corrected chi connectivity index (χ2v) is 5.32. The summed E-state index contributed by atoms with van der Waals surface area (Å²) in [7, 11) is 1.74. The third-order valence-electron chi connectivity index (χ3n) is 4.12. The van der Waals surface area contributed by atoms with Gasteiger partial charge in [-0.05, 0) is 39.7 Å². The van der Waals surface area contributed by atoms with Gasteiger partial charge in [-0.1, -0.05) is 20.8 Å². The first-order chi connectivity index (χ1) is 9.54. The quantitative estimate of drug-likeness (QED) is 0.791. The van der Waals surface area contributed by atoms with Crippen molar-refractivity contribution in [3.63, 3.8) is 0 Å². The molecule has 4 heteroatoms. The van der Waals surface area contributed by atoms with Gasteiger partial charge in [0.1, 0.15) is 5.60 Å². The molecule has 0 fully saturated rings. The van der Waals surface area contributed by atoms with E-state index in [0.717, 1.165) is 37.3 Å². The SMILES string of the molecule is CCCNC(C)c1cnc(C(CC)(CC)OC)nc1C. The van der Waals surface area contributed by atoms with Crippen LogP contribution in [0.25, 0.3) is 0 Å². The van der Waals surface area contributed by atoms with E-state index < -0.39 is 0 Å². The maximum absolute atomic E-state index is 5.70. The number of nitrogens with zero attached hydrogens (tertiary/aromatic N) is 2. The van der Waals surface area contributed by atoms with Crippen molar-refractivity contribution < 1.29 is 4.74 Å². The zero-order chi connectivity index (χ0) is 15.2. The Morgan fingerprint density at radius 1 is 1.30 bits per heavy atom. The second kappa shape index (κ2) is 7.70. The van der Waals surface area contributed by atoms with Crippen LogP contribution in [0.5, 0.6) is 0 Å². The molecule has 4 nitrogen and oxygen atoms in total. The molecule has 1 N–H and O–H groups in total. The van der Waals surface area contributed by atoms with Gasteiger partial charge in [-0.2, -0.15) is 0 Å². The average Bonchev–Trinajstić information content (AvgIpc) is 2.47. The standard InChI is InChI=1S/C16H29N3O/c1-7-10-17-12(4)14-11-18-15(19-13(14)5)16(8-2,9-3)20-6/h11-12,17H,7-10H2,1-6H3. The van der Waals surface area contributed by atoms with E-state index in [1.807, 2.05) is 6.20 Å². The van der Waals surface area contributed by atoms with Crippen LogP contribution < -0.4 is 5.32 Å². The monoisotopic (exact) mass is 279 g/mol. The van der Waals surface area contributed by atoms with Gasteiger partial charge in [-0.15, -0.1) is 0 Å². The van der Waals surface area contributed by atoms with Gasteiger partial charge in [-0.25, -0.2) is 9.97 Å². The summed E-state index contributed by atoms with van der Waals surface area (Å²) in [5, 5.41) is 3.48. The van der Waals surface area contributed by atoms with Gasteiger partial charge in [0.25, 0.3) is 0 Å². The van der Waals surface area contributed by atoms with Gasteiger partial charge in [0.05, 0.1) is 0 Å². The minimum absolute atomic E-state index is 0.282. The van der Waals surface area contributed by atoms with E-state index >= 15 is 0 Å². The van der Waals surface area contributed by atoms with Gasteiger partial charge in [0.15, 0.2) is 5.82 Å². The maximum Gasteiger partial charge on any atom is 0.160 e. The first-order valence-corrected chi connectivity index (χ1v) is 7.67. The van der Waals surface area contributed by atoms with E-state index in [2.05, 4.69) is 44.9 Å². The Morgan fingerprint density at radius 2 is 1.95 bits per heavy atom. The number of methoxy groups -OCH3 is 1. The molecule has 0 aliphatic rings. The zero-order valence-corrected chi connectivity index (χ0v) is 13.8. The molecule has 0 bridgehead atoms. The minimum atomic E-state index is -0.358. The average molecular weight is 279 g/mol. The van der Waals surface area contributed by atoms with Crippen molar-refractivity contribution >= 4 is 0 Å². The van der Waals surface area contributed by atoms with E-state index in [1.54, 1.807) is 7.11 Å². The number of ether oxygens (including phenoxy) is 1. The van der Waals surface area contributed by atoms with Gasteiger partial charge >= 0.3 is 0 Å². The highest BCUT2D eigenvalue weighted by Gasteiger charge is 2.31. The molecule has 1 unspecified atom stereocenters. The van der Waals surface area contributed by atoms with Crippen LogP contribution in [0, 0.1) is 6.92 Å². The number of aryl methyl sites for hydroxylation is 1. The molecule has 0 saturated heterocycles. The molecule has 0 amide bonds. The molecule has 0 aliphatic heterocycles. The maximum atomic E-state index is 5.70. The smallest absolute Gasteiger partial charge is 0.160 e. The first-order valence-electron chi connectivity index (χ1n) is 7.67. The van der Waals surface area contributed by atoms with Crippen LogP contribution >= 0.6 is 0 Å². The highest BCUT2D eigenvalue weighted by molar-refractivity contribution is 5.21. The summed E-state index contributed by atoms with van der Waals surface area (Å²) in [6, 6.07) is 0.282. The molecule has 0 spiro atoms. The lowest BCUT2D eigenvalue weighted by molar-refractivity contribution is -0.0293. The van der Waals surface area contributed by atoms with E-state index in [4.69, 9.17) is 9.72 Å². The van der Waals surface area contributed by atoms with Crippen LogP contribution in [0.4, 0.5) is 0 Å². The Hall–Kier alpha value is -1.00. The number of hydrogen-bond acceptors (Lipinski definition) is 4. The Labute approximate surface area is 123 Å². The summed E-state index contributed by atoms with van der Waals surface area (Å²) in [6.07, 6.45) is 4.83. The Balaban J connectivity index is 3.03. The summed E-state index contributed by atoms with van der Waals surface area (Å²) in [6.45, 7) is 11.6. The third-order valence-corrected chi connectivity index (χ3v) is 4.12. The Bertz CT molecular complexity index is 408. The lowest BCUT2D eigenvalue weighted by atomic mass is 9.95. The lowest BCUT2D eigenvalue weighted by Crippen LogP contribution is -2.30. The zero-order valence-electron chi connectivity index (χ0n) is 13.8. The molecule has 1 rings (SSSR count). The van der Waals surface area contributed by atoms with Crippen molar-refractivity contribution in [1.29, 1.82) is 0 Å².